The lowest BCUT2D eigenvalue weighted by atomic mass is 9.95. The molecule has 0 saturated heterocycles. The molecule has 1 atom stereocenters. The number of hydrogen-bond acceptors (Lipinski definition) is 2. The highest BCUT2D eigenvalue weighted by Crippen LogP contribution is 2.29. The van der Waals surface area contributed by atoms with Crippen molar-refractivity contribution in [1.82, 2.24) is 0 Å². The van der Waals surface area contributed by atoms with Crippen LogP contribution in [-0.4, -0.2) is 17.2 Å². The van der Waals surface area contributed by atoms with Gasteiger partial charge in [0, 0.05) is 11.6 Å². The Balaban J connectivity index is 3.27. The average Bonchev–Trinajstić information content (AvgIpc) is 2.15. The summed E-state index contributed by atoms with van der Waals surface area (Å²) < 4.78 is 31.6. The molecule has 0 spiro atoms. The highest BCUT2D eigenvalue weighted by atomic mass is 19.1. The van der Waals surface area contributed by atoms with E-state index in [-0.39, 0.29) is 5.56 Å². The average molecular weight is 244 g/mol. The Morgan fingerprint density at radius 3 is 2.41 bits per heavy atom. The molecule has 0 aliphatic carbocycles. The van der Waals surface area contributed by atoms with Gasteiger partial charge in [0.05, 0.1) is 6.10 Å². The third-order valence-electron chi connectivity index (χ3n) is 2.32. The molecule has 1 N–H and O–H groups in total. The van der Waals surface area contributed by atoms with Crippen molar-refractivity contribution in [2.75, 3.05) is 0 Å². The molecule has 3 nitrogen and oxygen atoms in total. The van der Waals surface area contributed by atoms with E-state index in [1.165, 1.54) is 6.92 Å². The Morgan fingerprint density at radius 2 is 2.00 bits per heavy atom. The first kappa shape index (κ1) is 13.6. The van der Waals surface area contributed by atoms with Crippen molar-refractivity contribution in [2.24, 2.45) is 0 Å². The molecule has 0 radical (unpaired) electrons. The van der Waals surface area contributed by atoms with E-state index in [1.54, 1.807) is 13.8 Å². The number of carboxylic acids is 1. The molecule has 0 amide bonds. The summed E-state index contributed by atoms with van der Waals surface area (Å²) in [6.45, 7) is 4.52. The lowest BCUT2D eigenvalue weighted by Gasteiger charge is -2.28. The van der Waals surface area contributed by atoms with E-state index in [9.17, 15) is 13.6 Å². The minimum absolute atomic E-state index is 0.194. The second kappa shape index (κ2) is 4.79. The molecule has 1 aromatic rings. The third kappa shape index (κ3) is 2.79. The quantitative estimate of drug-likeness (QED) is 0.885. The predicted octanol–water partition coefficient (Wildman–Crippen LogP) is 2.69. The molecule has 0 bridgehead atoms. The van der Waals surface area contributed by atoms with E-state index in [2.05, 4.69) is 0 Å². The summed E-state index contributed by atoms with van der Waals surface area (Å²) in [5, 5.41) is 9.14. The first-order valence-corrected chi connectivity index (χ1v) is 5.14. The van der Waals surface area contributed by atoms with E-state index in [0.29, 0.717) is 6.07 Å². The smallest absolute Gasteiger partial charge is 0.340 e. The second-order valence-corrected chi connectivity index (χ2v) is 4.13. The molecule has 17 heavy (non-hydrogen) atoms. The largest absolute Gasteiger partial charge is 0.479 e. The zero-order chi connectivity index (χ0) is 13.2. The molecular weight excluding hydrogens is 230 g/mol. The van der Waals surface area contributed by atoms with Crippen molar-refractivity contribution in [2.45, 2.75) is 32.5 Å². The molecule has 5 heteroatoms. The number of hydrogen-bond donors (Lipinski definition) is 1. The van der Waals surface area contributed by atoms with E-state index in [4.69, 9.17) is 9.84 Å². The summed E-state index contributed by atoms with van der Waals surface area (Å²) in [6, 6.07) is 2.73. The van der Waals surface area contributed by atoms with Gasteiger partial charge in [0.2, 0.25) is 0 Å². The molecular formula is C12H14F2O3. The van der Waals surface area contributed by atoms with Gasteiger partial charge in [0.1, 0.15) is 11.6 Å². The molecule has 0 aromatic heterocycles. The van der Waals surface area contributed by atoms with Gasteiger partial charge in [-0.3, -0.25) is 0 Å². The van der Waals surface area contributed by atoms with Crippen LogP contribution in [0.4, 0.5) is 8.78 Å². The number of carbonyl (C=O) groups is 1. The summed E-state index contributed by atoms with van der Waals surface area (Å²) in [7, 11) is 0. The normalized spacial score (nSPS) is 14.7. The van der Waals surface area contributed by atoms with Crippen molar-refractivity contribution >= 4 is 5.97 Å². The Hall–Kier alpha value is -1.49. The fourth-order valence-corrected chi connectivity index (χ4v) is 1.58. The monoisotopic (exact) mass is 244 g/mol. The second-order valence-electron chi connectivity index (χ2n) is 4.13. The van der Waals surface area contributed by atoms with Crippen LogP contribution in [-0.2, 0) is 15.1 Å². The third-order valence-corrected chi connectivity index (χ3v) is 2.32. The molecule has 0 saturated carbocycles. The van der Waals surface area contributed by atoms with E-state index < -0.39 is 29.3 Å². The summed E-state index contributed by atoms with van der Waals surface area (Å²) in [4.78, 5) is 11.2. The van der Waals surface area contributed by atoms with Crippen molar-refractivity contribution < 1.29 is 23.4 Å². The fourth-order valence-electron chi connectivity index (χ4n) is 1.58. The van der Waals surface area contributed by atoms with Gasteiger partial charge in [-0.2, -0.15) is 0 Å². The number of benzene rings is 1. The summed E-state index contributed by atoms with van der Waals surface area (Å²) >= 11 is 0. The molecule has 94 valence electrons. The van der Waals surface area contributed by atoms with Gasteiger partial charge >= 0.3 is 5.97 Å². The van der Waals surface area contributed by atoms with Gasteiger partial charge in [-0.25, -0.2) is 13.6 Å². The Labute approximate surface area is 98.0 Å². The Bertz CT molecular complexity index is 432. The van der Waals surface area contributed by atoms with E-state index in [0.717, 1.165) is 12.1 Å². The van der Waals surface area contributed by atoms with Crippen LogP contribution in [0.15, 0.2) is 18.2 Å². The van der Waals surface area contributed by atoms with Crippen LogP contribution in [0.3, 0.4) is 0 Å². The maximum Gasteiger partial charge on any atom is 0.340 e. The van der Waals surface area contributed by atoms with Crippen LogP contribution >= 0.6 is 0 Å². The number of carboxylic acid groups (broad SMARTS) is 1. The van der Waals surface area contributed by atoms with Gasteiger partial charge in [-0.05, 0) is 32.9 Å². The topological polar surface area (TPSA) is 46.5 Å². The molecule has 0 aliphatic heterocycles. The van der Waals surface area contributed by atoms with Crippen LogP contribution in [0.1, 0.15) is 26.3 Å². The van der Waals surface area contributed by atoms with Crippen LogP contribution in [0.2, 0.25) is 0 Å². The summed E-state index contributed by atoms with van der Waals surface area (Å²) in [6.07, 6.45) is -0.402. The zero-order valence-electron chi connectivity index (χ0n) is 9.83. The standard InChI is InChI=1S/C12H14F2O3/c1-7(2)17-12(3,11(15)16)9-5-4-8(13)6-10(9)14/h4-7H,1-3H3,(H,15,16). The predicted molar refractivity (Wildman–Crippen MR) is 57.6 cm³/mol. The van der Waals surface area contributed by atoms with Crippen molar-refractivity contribution in [3.8, 4) is 0 Å². The Kier molecular flexibility index (Phi) is 3.83. The fraction of sp³-hybridized carbons (Fsp3) is 0.417. The first-order chi connectivity index (χ1) is 7.77. The van der Waals surface area contributed by atoms with Gasteiger partial charge in [0.25, 0.3) is 0 Å². The van der Waals surface area contributed by atoms with E-state index >= 15 is 0 Å². The highest BCUT2D eigenvalue weighted by molar-refractivity contribution is 5.79. The minimum atomic E-state index is -1.83. The van der Waals surface area contributed by atoms with Crippen LogP contribution in [0.5, 0.6) is 0 Å². The van der Waals surface area contributed by atoms with Crippen molar-refractivity contribution in [3.05, 3.63) is 35.4 Å². The molecule has 0 heterocycles. The molecule has 1 rings (SSSR count). The van der Waals surface area contributed by atoms with E-state index in [1.807, 2.05) is 0 Å². The maximum atomic E-state index is 13.6. The van der Waals surface area contributed by atoms with Crippen molar-refractivity contribution in [1.29, 1.82) is 0 Å². The number of halogens is 2. The summed E-state index contributed by atoms with van der Waals surface area (Å²) in [5.74, 6) is -3.02. The minimum Gasteiger partial charge on any atom is -0.479 e. The SMILES string of the molecule is CC(C)OC(C)(C(=O)O)c1ccc(F)cc1F. The first-order valence-electron chi connectivity index (χ1n) is 5.14. The Morgan fingerprint density at radius 1 is 1.41 bits per heavy atom. The summed E-state index contributed by atoms with van der Waals surface area (Å²) in [5.41, 5.74) is -2.02. The number of rotatable bonds is 4. The molecule has 1 aromatic carbocycles. The molecule has 1 unspecified atom stereocenters. The number of aliphatic carboxylic acids is 1. The lowest BCUT2D eigenvalue weighted by Crippen LogP contribution is -2.38. The highest BCUT2D eigenvalue weighted by Gasteiger charge is 2.39. The van der Waals surface area contributed by atoms with Gasteiger partial charge < -0.3 is 9.84 Å². The van der Waals surface area contributed by atoms with Crippen LogP contribution in [0, 0.1) is 11.6 Å². The maximum absolute atomic E-state index is 13.6. The van der Waals surface area contributed by atoms with Crippen LogP contribution < -0.4 is 0 Å². The molecule has 0 aliphatic rings. The number of ether oxygens (including phenoxy) is 1. The zero-order valence-corrected chi connectivity index (χ0v) is 9.83. The van der Waals surface area contributed by atoms with Gasteiger partial charge in [-0.1, -0.05) is 0 Å². The lowest BCUT2D eigenvalue weighted by molar-refractivity contribution is -0.171. The molecule has 0 fully saturated rings. The van der Waals surface area contributed by atoms with Crippen LogP contribution in [0.25, 0.3) is 0 Å². The van der Waals surface area contributed by atoms with Gasteiger partial charge in [0.15, 0.2) is 5.60 Å². The van der Waals surface area contributed by atoms with Gasteiger partial charge in [-0.15, -0.1) is 0 Å². The van der Waals surface area contributed by atoms with Crippen molar-refractivity contribution in [3.63, 3.8) is 0 Å².